The summed E-state index contributed by atoms with van der Waals surface area (Å²) in [4.78, 5) is 17.5. The predicted molar refractivity (Wildman–Crippen MR) is 58.5 cm³/mol. The maximum Gasteiger partial charge on any atom is 0.251 e. The molecule has 0 aromatic carbocycles. The first-order valence-corrected chi connectivity index (χ1v) is 5.57. The average Bonchev–Trinajstić information content (AvgIpc) is 2.40. The van der Waals surface area contributed by atoms with E-state index in [1.54, 1.807) is 19.2 Å². The van der Waals surface area contributed by atoms with Crippen molar-refractivity contribution in [3.8, 4) is 0 Å². The van der Waals surface area contributed by atoms with Gasteiger partial charge in [-0.15, -0.1) is 0 Å². The largest absolute Gasteiger partial charge is 0.313 e. The van der Waals surface area contributed by atoms with Gasteiger partial charge < -0.3 is 4.90 Å². The number of anilines is 1. The number of rotatable bonds is 0. The minimum absolute atomic E-state index is 0.224. The van der Waals surface area contributed by atoms with Crippen molar-refractivity contribution in [1.29, 1.82) is 0 Å². The molecule has 1 aromatic heterocycles. The highest BCUT2D eigenvalue weighted by Crippen LogP contribution is 2.58. The molecule has 1 saturated carbocycles. The third-order valence-electron chi connectivity index (χ3n) is 3.49. The second-order valence-electron chi connectivity index (χ2n) is 4.66. The molecule has 0 N–H and O–H groups in total. The lowest BCUT2D eigenvalue weighted by molar-refractivity contribution is -0.154. The van der Waals surface area contributed by atoms with Crippen LogP contribution in [0.1, 0.15) is 18.5 Å². The summed E-state index contributed by atoms with van der Waals surface area (Å²) < 4.78 is 26.2. The fraction of sp³-hybridized carbons (Fsp3) is 0.455. The molecule has 1 aliphatic heterocycles. The topological polar surface area (TPSA) is 33.2 Å². The molecule has 3 nitrogen and oxygen atoms in total. The van der Waals surface area contributed by atoms with Crippen LogP contribution in [-0.4, -0.2) is 23.9 Å². The molecule has 1 aromatic rings. The van der Waals surface area contributed by atoms with Gasteiger partial charge in [-0.05, 0) is 12.1 Å². The summed E-state index contributed by atoms with van der Waals surface area (Å²) in [6, 6.07) is 3.20. The molecule has 1 fully saturated rings. The Balaban J connectivity index is 2.15. The average molecular weight is 259 g/mol. The van der Waals surface area contributed by atoms with Crippen molar-refractivity contribution in [2.24, 2.45) is 0 Å². The van der Waals surface area contributed by atoms with E-state index in [1.165, 1.54) is 4.90 Å². The first-order valence-electron chi connectivity index (χ1n) is 5.19. The van der Waals surface area contributed by atoms with Gasteiger partial charge in [0.15, 0.2) is 0 Å². The fourth-order valence-electron chi connectivity index (χ4n) is 2.73. The van der Waals surface area contributed by atoms with E-state index in [0.29, 0.717) is 11.4 Å². The van der Waals surface area contributed by atoms with Gasteiger partial charge in [0.25, 0.3) is 5.92 Å². The van der Waals surface area contributed by atoms with E-state index in [2.05, 4.69) is 4.98 Å². The van der Waals surface area contributed by atoms with Gasteiger partial charge in [0.1, 0.15) is 10.6 Å². The molecule has 1 spiro atoms. The number of amides is 1. The minimum atomic E-state index is -2.78. The molecule has 0 bridgehead atoms. The number of aromatic nitrogens is 1. The predicted octanol–water partition coefficient (Wildman–Crippen LogP) is 2.38. The van der Waals surface area contributed by atoms with Crippen LogP contribution in [0.2, 0.25) is 5.15 Å². The quantitative estimate of drug-likeness (QED) is 0.670. The van der Waals surface area contributed by atoms with Gasteiger partial charge in [-0.1, -0.05) is 11.6 Å². The van der Waals surface area contributed by atoms with E-state index in [1.807, 2.05) is 0 Å². The summed E-state index contributed by atoms with van der Waals surface area (Å²) in [5.41, 5.74) is -0.184. The summed E-state index contributed by atoms with van der Waals surface area (Å²) in [7, 11) is 1.57. The Bertz CT molecular complexity index is 524. The number of carbonyl (C=O) groups is 1. The number of fused-ring (bicyclic) bond motifs is 2. The smallest absolute Gasteiger partial charge is 0.251 e. The lowest BCUT2D eigenvalue weighted by atomic mass is 9.64. The number of halogens is 3. The standard InChI is InChI=1S/C11H9ClF2N2O/c1-16-6-2-3-7(12)15-8(6)10(9(16)17)4-11(13,14)5-10/h2-3H,4-5H2,1H3. The van der Waals surface area contributed by atoms with Gasteiger partial charge in [0, 0.05) is 19.9 Å². The van der Waals surface area contributed by atoms with E-state index in [-0.39, 0.29) is 11.1 Å². The van der Waals surface area contributed by atoms with E-state index in [4.69, 9.17) is 11.6 Å². The molecule has 3 rings (SSSR count). The zero-order valence-corrected chi connectivity index (χ0v) is 9.76. The van der Waals surface area contributed by atoms with Crippen molar-refractivity contribution in [3.63, 3.8) is 0 Å². The summed E-state index contributed by atoms with van der Waals surface area (Å²) in [5.74, 6) is -3.09. The molecular weight excluding hydrogens is 250 g/mol. The van der Waals surface area contributed by atoms with Crippen LogP contribution in [0.15, 0.2) is 12.1 Å². The van der Waals surface area contributed by atoms with Gasteiger partial charge in [-0.2, -0.15) is 0 Å². The van der Waals surface area contributed by atoms with E-state index in [0.717, 1.165) is 0 Å². The maximum atomic E-state index is 13.1. The molecular formula is C11H9ClF2N2O. The number of pyridine rings is 1. The van der Waals surface area contributed by atoms with Crippen molar-refractivity contribution in [3.05, 3.63) is 23.0 Å². The summed E-state index contributed by atoms with van der Waals surface area (Å²) in [6.45, 7) is 0. The van der Waals surface area contributed by atoms with Gasteiger partial charge >= 0.3 is 0 Å². The van der Waals surface area contributed by atoms with E-state index in [9.17, 15) is 13.6 Å². The van der Waals surface area contributed by atoms with Crippen molar-refractivity contribution in [2.45, 2.75) is 24.2 Å². The maximum absolute atomic E-state index is 13.1. The Labute approximate surface area is 101 Å². The lowest BCUT2D eigenvalue weighted by Gasteiger charge is -2.42. The SMILES string of the molecule is CN1C(=O)C2(CC(F)(F)C2)c2nc(Cl)ccc21. The van der Waals surface area contributed by atoms with Crippen LogP contribution in [0.5, 0.6) is 0 Å². The minimum Gasteiger partial charge on any atom is -0.313 e. The van der Waals surface area contributed by atoms with Gasteiger partial charge in [0.05, 0.1) is 11.4 Å². The molecule has 6 heteroatoms. The highest BCUT2D eigenvalue weighted by Gasteiger charge is 2.66. The fourth-order valence-corrected chi connectivity index (χ4v) is 2.88. The lowest BCUT2D eigenvalue weighted by Crippen LogP contribution is -2.55. The zero-order chi connectivity index (χ0) is 12.4. The molecule has 2 aliphatic rings. The van der Waals surface area contributed by atoms with Crippen LogP contribution in [0.4, 0.5) is 14.5 Å². The van der Waals surface area contributed by atoms with Crippen molar-refractivity contribution in [1.82, 2.24) is 4.98 Å². The molecule has 0 atom stereocenters. The van der Waals surface area contributed by atoms with Crippen LogP contribution in [-0.2, 0) is 10.2 Å². The molecule has 1 amide bonds. The third-order valence-corrected chi connectivity index (χ3v) is 3.70. The molecule has 90 valence electrons. The highest BCUT2D eigenvalue weighted by atomic mass is 35.5. The molecule has 0 saturated heterocycles. The van der Waals surface area contributed by atoms with Crippen LogP contribution in [0.25, 0.3) is 0 Å². The van der Waals surface area contributed by atoms with Crippen molar-refractivity contribution in [2.75, 3.05) is 11.9 Å². The van der Waals surface area contributed by atoms with Crippen molar-refractivity contribution < 1.29 is 13.6 Å². The Morgan fingerprint density at radius 2 is 2.06 bits per heavy atom. The molecule has 1 aliphatic carbocycles. The Morgan fingerprint density at radius 1 is 1.41 bits per heavy atom. The van der Waals surface area contributed by atoms with E-state index >= 15 is 0 Å². The molecule has 0 unspecified atom stereocenters. The Morgan fingerprint density at radius 3 is 2.65 bits per heavy atom. The van der Waals surface area contributed by atoms with Gasteiger partial charge in [0.2, 0.25) is 5.91 Å². The number of alkyl halides is 2. The highest BCUT2D eigenvalue weighted by molar-refractivity contribution is 6.29. The van der Waals surface area contributed by atoms with E-state index < -0.39 is 24.2 Å². The zero-order valence-electron chi connectivity index (χ0n) is 9.01. The Kier molecular flexibility index (Phi) is 1.90. The normalized spacial score (nSPS) is 23.8. The van der Waals surface area contributed by atoms with Gasteiger partial charge in [-0.25, -0.2) is 13.8 Å². The number of hydrogen-bond donors (Lipinski definition) is 0. The summed E-state index contributed by atoms with van der Waals surface area (Å²) >= 11 is 5.77. The third kappa shape index (κ3) is 1.26. The van der Waals surface area contributed by atoms with Crippen LogP contribution in [0.3, 0.4) is 0 Å². The number of likely N-dealkylation sites (N-methyl/N-ethyl adjacent to an activating group) is 1. The summed E-state index contributed by atoms with van der Waals surface area (Å²) in [5, 5.41) is 0.224. The molecule has 2 heterocycles. The summed E-state index contributed by atoms with van der Waals surface area (Å²) in [6.07, 6.45) is -0.937. The van der Waals surface area contributed by atoms with Gasteiger partial charge in [-0.3, -0.25) is 4.79 Å². The Hall–Kier alpha value is -1.23. The second kappa shape index (κ2) is 2.96. The van der Waals surface area contributed by atoms with Crippen LogP contribution < -0.4 is 4.90 Å². The monoisotopic (exact) mass is 258 g/mol. The first kappa shape index (κ1) is 10.9. The number of hydrogen-bond acceptors (Lipinski definition) is 2. The molecule has 17 heavy (non-hydrogen) atoms. The van der Waals surface area contributed by atoms with Crippen molar-refractivity contribution >= 4 is 23.2 Å². The van der Waals surface area contributed by atoms with Crippen LogP contribution in [0, 0.1) is 0 Å². The second-order valence-corrected chi connectivity index (χ2v) is 5.04. The number of nitrogens with zero attached hydrogens (tertiary/aromatic N) is 2. The van der Waals surface area contributed by atoms with Crippen LogP contribution >= 0.6 is 11.6 Å². The number of carbonyl (C=O) groups excluding carboxylic acids is 1. The molecule has 0 radical (unpaired) electrons. The first-order chi connectivity index (χ1) is 7.86.